The molecule has 0 aliphatic rings. The second-order valence-corrected chi connectivity index (χ2v) is 5.33. The average molecular weight is 295 g/mol. The lowest BCUT2D eigenvalue weighted by atomic mass is 10.2. The summed E-state index contributed by atoms with van der Waals surface area (Å²) in [5.41, 5.74) is 2.03. The van der Waals surface area contributed by atoms with Crippen molar-refractivity contribution in [2.45, 2.75) is 19.8 Å². The van der Waals surface area contributed by atoms with Gasteiger partial charge in [0.2, 0.25) is 0 Å². The molecule has 3 aromatic rings. The minimum absolute atomic E-state index is 0.146. The van der Waals surface area contributed by atoms with E-state index in [0.29, 0.717) is 17.1 Å². The molecule has 1 N–H and O–H groups in total. The zero-order chi connectivity index (χ0) is 15.5. The molecule has 0 aliphatic heterocycles. The molecule has 0 spiro atoms. The van der Waals surface area contributed by atoms with E-state index in [1.165, 1.54) is 0 Å². The maximum Gasteiger partial charge on any atom is 0.271 e. The van der Waals surface area contributed by atoms with E-state index in [9.17, 15) is 4.79 Å². The normalized spacial score (nSPS) is 11.6. The Morgan fingerprint density at radius 1 is 1.23 bits per heavy atom. The number of nitrogens with zero attached hydrogens (tertiary/aromatic N) is 2. The summed E-state index contributed by atoms with van der Waals surface area (Å²) in [5, 5.41) is 2.79. The summed E-state index contributed by atoms with van der Waals surface area (Å²) in [6.45, 7) is 4.04. The van der Waals surface area contributed by atoms with E-state index in [1.807, 2.05) is 44.2 Å². The maximum absolute atomic E-state index is 12.0. The SMILES string of the molecule is CC(C)c1nc(C=Cc2cn(-c3ccccc3)[nH]c2=O)co1. The number of para-hydroxylation sites is 1. The topological polar surface area (TPSA) is 63.8 Å². The van der Waals surface area contributed by atoms with Gasteiger partial charge in [0.25, 0.3) is 5.56 Å². The Labute approximate surface area is 127 Å². The Morgan fingerprint density at radius 3 is 2.68 bits per heavy atom. The summed E-state index contributed by atoms with van der Waals surface area (Å²) < 4.78 is 7.06. The van der Waals surface area contributed by atoms with E-state index in [-0.39, 0.29) is 11.5 Å². The van der Waals surface area contributed by atoms with Gasteiger partial charge in [0.1, 0.15) is 12.0 Å². The van der Waals surface area contributed by atoms with E-state index in [4.69, 9.17) is 4.42 Å². The lowest BCUT2D eigenvalue weighted by Crippen LogP contribution is -2.04. The molecule has 0 saturated carbocycles. The fourth-order valence-corrected chi connectivity index (χ4v) is 2.07. The molecule has 0 aliphatic carbocycles. The van der Waals surface area contributed by atoms with Crippen LogP contribution in [0.15, 0.2) is 52.0 Å². The summed E-state index contributed by atoms with van der Waals surface area (Å²) in [5.74, 6) is 0.931. The number of hydrogen-bond acceptors (Lipinski definition) is 3. The van der Waals surface area contributed by atoms with Crippen LogP contribution in [0.2, 0.25) is 0 Å². The summed E-state index contributed by atoms with van der Waals surface area (Å²) in [7, 11) is 0. The molecule has 0 saturated heterocycles. The molecule has 2 heterocycles. The van der Waals surface area contributed by atoms with Crippen molar-refractivity contribution in [3.63, 3.8) is 0 Å². The number of aromatic amines is 1. The number of hydrogen-bond donors (Lipinski definition) is 1. The third-order valence-electron chi connectivity index (χ3n) is 3.25. The minimum atomic E-state index is -0.146. The summed E-state index contributed by atoms with van der Waals surface area (Å²) >= 11 is 0. The molecule has 1 aromatic carbocycles. The summed E-state index contributed by atoms with van der Waals surface area (Å²) in [6, 6.07) is 9.63. The average Bonchev–Trinajstić information content (AvgIpc) is 3.13. The highest BCUT2D eigenvalue weighted by Gasteiger charge is 2.06. The highest BCUT2D eigenvalue weighted by atomic mass is 16.3. The van der Waals surface area contributed by atoms with Crippen LogP contribution in [0.5, 0.6) is 0 Å². The van der Waals surface area contributed by atoms with Crippen LogP contribution < -0.4 is 5.56 Å². The summed E-state index contributed by atoms with van der Waals surface area (Å²) in [4.78, 5) is 16.3. The zero-order valence-electron chi connectivity index (χ0n) is 12.5. The van der Waals surface area contributed by atoms with E-state index >= 15 is 0 Å². The first kappa shape index (κ1) is 14.1. The molecule has 112 valence electrons. The van der Waals surface area contributed by atoms with Crippen LogP contribution in [-0.2, 0) is 0 Å². The first-order valence-corrected chi connectivity index (χ1v) is 7.14. The van der Waals surface area contributed by atoms with E-state index in [2.05, 4.69) is 10.1 Å². The molecule has 22 heavy (non-hydrogen) atoms. The maximum atomic E-state index is 12.0. The van der Waals surface area contributed by atoms with E-state index in [0.717, 1.165) is 5.69 Å². The second kappa shape index (κ2) is 5.89. The minimum Gasteiger partial charge on any atom is -0.448 e. The molecule has 5 heteroatoms. The lowest BCUT2D eigenvalue weighted by molar-refractivity contribution is 0.471. The van der Waals surface area contributed by atoms with Crippen LogP contribution in [0.3, 0.4) is 0 Å². The molecular formula is C17H17N3O2. The van der Waals surface area contributed by atoms with Gasteiger partial charge < -0.3 is 4.42 Å². The number of H-pyrrole nitrogens is 1. The Morgan fingerprint density at radius 2 is 2.00 bits per heavy atom. The predicted molar refractivity (Wildman–Crippen MR) is 85.9 cm³/mol. The fraction of sp³-hybridized carbons (Fsp3) is 0.176. The Balaban J connectivity index is 1.85. The van der Waals surface area contributed by atoms with Crippen molar-refractivity contribution in [2.24, 2.45) is 0 Å². The lowest BCUT2D eigenvalue weighted by Gasteiger charge is -1.99. The molecule has 0 radical (unpaired) electrons. The highest BCUT2D eigenvalue weighted by molar-refractivity contribution is 5.67. The quantitative estimate of drug-likeness (QED) is 0.801. The molecule has 0 fully saturated rings. The van der Waals surface area contributed by atoms with Crippen molar-refractivity contribution < 1.29 is 4.42 Å². The Bertz CT molecular complexity index is 838. The van der Waals surface area contributed by atoms with Crippen LogP contribution in [0.25, 0.3) is 17.8 Å². The van der Waals surface area contributed by atoms with Gasteiger partial charge in [0, 0.05) is 12.1 Å². The second-order valence-electron chi connectivity index (χ2n) is 5.33. The van der Waals surface area contributed by atoms with Gasteiger partial charge in [-0.25, -0.2) is 4.98 Å². The molecule has 0 amide bonds. The van der Waals surface area contributed by atoms with Gasteiger partial charge in [-0.1, -0.05) is 32.0 Å². The van der Waals surface area contributed by atoms with Crippen LogP contribution in [0.4, 0.5) is 0 Å². The first-order chi connectivity index (χ1) is 10.6. The molecule has 2 aromatic heterocycles. The van der Waals surface area contributed by atoms with Crippen molar-refractivity contribution in [3.8, 4) is 5.69 Å². The van der Waals surface area contributed by atoms with Crippen molar-refractivity contribution in [3.05, 3.63) is 70.3 Å². The molecule has 3 rings (SSSR count). The third kappa shape index (κ3) is 2.93. The number of benzene rings is 1. The van der Waals surface area contributed by atoms with Gasteiger partial charge >= 0.3 is 0 Å². The zero-order valence-corrected chi connectivity index (χ0v) is 12.5. The number of aromatic nitrogens is 3. The van der Waals surface area contributed by atoms with Crippen molar-refractivity contribution in [2.75, 3.05) is 0 Å². The number of nitrogens with one attached hydrogen (secondary N) is 1. The predicted octanol–water partition coefficient (Wildman–Crippen LogP) is 3.45. The third-order valence-corrected chi connectivity index (χ3v) is 3.25. The molecular weight excluding hydrogens is 278 g/mol. The Hall–Kier alpha value is -2.82. The van der Waals surface area contributed by atoms with E-state index in [1.54, 1.807) is 29.3 Å². The standard InChI is InChI=1S/C17H17N3O2/c1-12(2)17-18-14(11-22-17)9-8-13-10-20(19-16(13)21)15-6-4-3-5-7-15/h3-12H,1-2H3,(H,19,21). The van der Waals surface area contributed by atoms with Gasteiger partial charge in [-0.15, -0.1) is 0 Å². The van der Waals surface area contributed by atoms with Gasteiger partial charge in [0.05, 0.1) is 11.3 Å². The molecule has 0 bridgehead atoms. The van der Waals surface area contributed by atoms with Crippen LogP contribution in [0, 0.1) is 0 Å². The van der Waals surface area contributed by atoms with Gasteiger partial charge in [-0.3, -0.25) is 14.6 Å². The van der Waals surface area contributed by atoms with E-state index < -0.39 is 0 Å². The molecule has 5 nitrogen and oxygen atoms in total. The van der Waals surface area contributed by atoms with Gasteiger partial charge in [-0.2, -0.15) is 0 Å². The molecule has 0 atom stereocenters. The monoisotopic (exact) mass is 295 g/mol. The van der Waals surface area contributed by atoms with Crippen molar-refractivity contribution in [1.29, 1.82) is 0 Å². The smallest absolute Gasteiger partial charge is 0.271 e. The van der Waals surface area contributed by atoms with Crippen LogP contribution in [0.1, 0.15) is 36.9 Å². The van der Waals surface area contributed by atoms with Gasteiger partial charge in [0.15, 0.2) is 5.89 Å². The number of rotatable bonds is 4. The highest BCUT2D eigenvalue weighted by Crippen LogP contribution is 2.14. The fourth-order valence-electron chi connectivity index (χ4n) is 2.07. The van der Waals surface area contributed by atoms with Crippen LogP contribution >= 0.6 is 0 Å². The largest absolute Gasteiger partial charge is 0.448 e. The number of oxazole rings is 1. The summed E-state index contributed by atoms with van der Waals surface area (Å²) in [6.07, 6.45) is 6.86. The Kier molecular flexibility index (Phi) is 3.78. The van der Waals surface area contributed by atoms with Gasteiger partial charge in [-0.05, 0) is 24.3 Å². The first-order valence-electron chi connectivity index (χ1n) is 7.14. The van der Waals surface area contributed by atoms with Crippen molar-refractivity contribution >= 4 is 12.2 Å². The van der Waals surface area contributed by atoms with Crippen LogP contribution in [-0.4, -0.2) is 14.8 Å². The molecule has 0 unspecified atom stereocenters. The van der Waals surface area contributed by atoms with Crippen molar-refractivity contribution in [1.82, 2.24) is 14.8 Å².